The molecule has 0 unspecified atom stereocenters. The highest BCUT2D eigenvalue weighted by atomic mass is 16.6. The number of nitro benzene ring substituents is 1. The van der Waals surface area contributed by atoms with Gasteiger partial charge in [-0.1, -0.05) is 69.2 Å². The van der Waals surface area contributed by atoms with Crippen molar-refractivity contribution in [2.45, 2.75) is 72.1 Å². The SMILES string of the molecule is C=C(C(=C)[C@@]12C[C@H](C(C)=O)C[C@@H]1CC(CCCCCC)=C2c1ccc([N+](=O)[O-])cc1)c1ccccc1C. The van der Waals surface area contributed by atoms with Crippen molar-refractivity contribution in [3.8, 4) is 0 Å². The number of aryl methyl sites for hydroxylation is 1. The predicted molar refractivity (Wildman–Crippen MR) is 152 cm³/mol. The zero-order valence-electron chi connectivity index (χ0n) is 22.5. The van der Waals surface area contributed by atoms with Crippen LogP contribution in [0.4, 0.5) is 5.69 Å². The van der Waals surface area contributed by atoms with E-state index in [4.69, 9.17) is 6.58 Å². The first kappa shape index (κ1) is 26.8. The van der Waals surface area contributed by atoms with Crippen LogP contribution in [0.25, 0.3) is 11.1 Å². The van der Waals surface area contributed by atoms with Crippen molar-refractivity contribution < 1.29 is 9.72 Å². The quantitative estimate of drug-likeness (QED) is 0.135. The largest absolute Gasteiger partial charge is 0.300 e. The summed E-state index contributed by atoms with van der Waals surface area (Å²) < 4.78 is 0. The van der Waals surface area contributed by atoms with Crippen molar-refractivity contribution in [2.24, 2.45) is 17.3 Å². The molecule has 1 fully saturated rings. The molecule has 194 valence electrons. The fourth-order valence-electron chi connectivity index (χ4n) is 6.84. The fourth-order valence-corrected chi connectivity index (χ4v) is 6.84. The molecule has 4 heteroatoms. The van der Waals surface area contributed by atoms with Crippen molar-refractivity contribution in [3.63, 3.8) is 0 Å². The molecule has 4 nitrogen and oxygen atoms in total. The van der Waals surface area contributed by atoms with E-state index in [2.05, 4.69) is 32.6 Å². The maximum Gasteiger partial charge on any atom is 0.269 e. The van der Waals surface area contributed by atoms with Crippen LogP contribution in [0.15, 0.2) is 72.8 Å². The van der Waals surface area contributed by atoms with Crippen LogP contribution in [-0.4, -0.2) is 10.7 Å². The standard InChI is InChI=1S/C33H39NO3/c1-6-7-8-9-13-27-19-29-20-28(25(5)35)21-33(29,24(4)23(3)31-14-11-10-12-22(31)2)32(27)26-15-17-30(18-16-26)34(36)37/h10-12,14-18,28-29H,3-4,6-9,13,19-21H2,1-2,5H3/t28-,29+,33+/m1/s1. The van der Waals surface area contributed by atoms with E-state index < -0.39 is 5.41 Å². The number of unbranched alkanes of at least 4 members (excludes halogenated alkanes) is 3. The van der Waals surface area contributed by atoms with Gasteiger partial charge in [-0.25, -0.2) is 0 Å². The zero-order chi connectivity index (χ0) is 26.7. The lowest BCUT2D eigenvalue weighted by Crippen LogP contribution is -2.27. The summed E-state index contributed by atoms with van der Waals surface area (Å²) in [5, 5.41) is 11.4. The summed E-state index contributed by atoms with van der Waals surface area (Å²) >= 11 is 0. The molecule has 0 amide bonds. The summed E-state index contributed by atoms with van der Waals surface area (Å²) in [6.45, 7) is 15.3. The van der Waals surface area contributed by atoms with E-state index >= 15 is 0 Å². The van der Waals surface area contributed by atoms with Crippen molar-refractivity contribution in [2.75, 3.05) is 0 Å². The molecule has 2 aliphatic rings. The Kier molecular flexibility index (Phi) is 7.96. The van der Waals surface area contributed by atoms with E-state index in [-0.39, 0.29) is 28.2 Å². The number of hydrogen-bond acceptors (Lipinski definition) is 3. The second-order valence-corrected chi connectivity index (χ2v) is 11.0. The first-order chi connectivity index (χ1) is 17.7. The van der Waals surface area contributed by atoms with Crippen LogP contribution in [0.3, 0.4) is 0 Å². The molecule has 0 spiro atoms. The maximum absolute atomic E-state index is 12.7. The minimum absolute atomic E-state index is 0.0129. The van der Waals surface area contributed by atoms with Crippen molar-refractivity contribution in [3.05, 3.63) is 99.6 Å². The van der Waals surface area contributed by atoms with Gasteiger partial charge in [0.05, 0.1) is 4.92 Å². The summed E-state index contributed by atoms with van der Waals surface area (Å²) in [6, 6.07) is 15.3. The molecule has 2 aliphatic carbocycles. The van der Waals surface area contributed by atoms with E-state index in [1.807, 2.05) is 24.3 Å². The van der Waals surface area contributed by atoms with Gasteiger partial charge in [-0.05, 0) is 97.4 Å². The van der Waals surface area contributed by atoms with Crippen LogP contribution in [-0.2, 0) is 4.79 Å². The number of allylic oxidation sites excluding steroid dienone is 4. The lowest BCUT2D eigenvalue weighted by molar-refractivity contribution is -0.384. The minimum atomic E-state index is -0.397. The summed E-state index contributed by atoms with van der Waals surface area (Å²) in [7, 11) is 0. The monoisotopic (exact) mass is 497 g/mol. The Morgan fingerprint density at radius 2 is 1.78 bits per heavy atom. The van der Waals surface area contributed by atoms with E-state index in [1.54, 1.807) is 19.1 Å². The zero-order valence-corrected chi connectivity index (χ0v) is 22.5. The molecule has 2 aromatic rings. The average molecular weight is 498 g/mol. The van der Waals surface area contributed by atoms with Crippen molar-refractivity contribution >= 4 is 22.6 Å². The number of hydrogen-bond donors (Lipinski definition) is 0. The number of rotatable bonds is 11. The highest BCUT2D eigenvalue weighted by molar-refractivity contribution is 5.91. The van der Waals surface area contributed by atoms with Gasteiger partial charge in [0, 0.05) is 23.5 Å². The summed E-state index contributed by atoms with van der Waals surface area (Å²) in [5.74, 6) is 0.498. The third kappa shape index (κ3) is 4.99. The summed E-state index contributed by atoms with van der Waals surface area (Å²) in [5.41, 5.74) is 7.55. The molecule has 1 saturated carbocycles. The van der Waals surface area contributed by atoms with Crippen molar-refractivity contribution in [1.82, 2.24) is 0 Å². The van der Waals surface area contributed by atoms with E-state index in [1.165, 1.54) is 30.4 Å². The Bertz CT molecular complexity index is 1250. The Balaban J connectivity index is 1.86. The summed E-state index contributed by atoms with van der Waals surface area (Å²) in [4.78, 5) is 23.7. The Hall–Kier alpha value is -3.27. The molecule has 0 heterocycles. The lowest BCUT2D eigenvalue weighted by Gasteiger charge is -2.37. The van der Waals surface area contributed by atoms with Crippen LogP contribution in [0, 0.1) is 34.3 Å². The predicted octanol–water partition coefficient (Wildman–Crippen LogP) is 8.90. The molecule has 0 aromatic heterocycles. The molecule has 0 saturated heterocycles. The molecule has 2 aromatic carbocycles. The molecular weight excluding hydrogens is 458 g/mol. The Morgan fingerprint density at radius 3 is 2.41 bits per heavy atom. The molecule has 37 heavy (non-hydrogen) atoms. The first-order valence-corrected chi connectivity index (χ1v) is 13.6. The second-order valence-electron chi connectivity index (χ2n) is 11.0. The number of ketones is 1. The smallest absolute Gasteiger partial charge is 0.269 e. The van der Waals surface area contributed by atoms with Gasteiger partial charge in [-0.3, -0.25) is 14.9 Å². The van der Waals surface area contributed by atoms with Gasteiger partial charge in [0.2, 0.25) is 0 Å². The topological polar surface area (TPSA) is 60.2 Å². The molecule has 0 bridgehead atoms. The number of carbonyl (C=O) groups is 1. The van der Waals surface area contributed by atoms with Crippen LogP contribution in [0.1, 0.15) is 81.9 Å². The number of Topliss-reactive ketones (excluding diaryl/α,β-unsaturated/α-hetero) is 1. The van der Waals surface area contributed by atoms with Crippen molar-refractivity contribution in [1.29, 1.82) is 0 Å². The fraction of sp³-hybridized carbons (Fsp3) is 0.424. The van der Waals surface area contributed by atoms with Crippen LogP contribution >= 0.6 is 0 Å². The second kappa shape index (κ2) is 11.0. The number of nitrogens with zero attached hydrogens (tertiary/aromatic N) is 1. The van der Waals surface area contributed by atoms with Crippen LogP contribution < -0.4 is 0 Å². The number of carbonyl (C=O) groups excluding carboxylic acids is 1. The van der Waals surface area contributed by atoms with E-state index in [9.17, 15) is 14.9 Å². The molecule has 0 radical (unpaired) electrons. The van der Waals surface area contributed by atoms with Gasteiger partial charge in [0.1, 0.15) is 5.78 Å². The number of non-ortho nitro benzene ring substituents is 1. The molecule has 4 rings (SSSR count). The summed E-state index contributed by atoms with van der Waals surface area (Å²) in [6.07, 6.45) is 8.27. The van der Waals surface area contributed by atoms with Gasteiger partial charge >= 0.3 is 0 Å². The van der Waals surface area contributed by atoms with Gasteiger partial charge in [-0.15, -0.1) is 0 Å². The third-order valence-corrected chi connectivity index (χ3v) is 8.77. The molecular formula is C33H39NO3. The van der Waals surface area contributed by atoms with E-state index in [0.717, 1.165) is 59.9 Å². The Labute approximate surface area is 221 Å². The lowest BCUT2D eigenvalue weighted by atomic mass is 9.65. The van der Waals surface area contributed by atoms with E-state index in [0.29, 0.717) is 0 Å². The molecule has 0 N–H and O–H groups in total. The van der Waals surface area contributed by atoms with Gasteiger partial charge < -0.3 is 0 Å². The third-order valence-electron chi connectivity index (χ3n) is 8.77. The molecule has 0 aliphatic heterocycles. The normalized spacial score (nSPS) is 22.7. The average Bonchev–Trinajstić information content (AvgIpc) is 3.40. The number of benzene rings is 2. The highest BCUT2D eigenvalue weighted by Crippen LogP contribution is 2.67. The van der Waals surface area contributed by atoms with Gasteiger partial charge in [-0.2, -0.15) is 0 Å². The number of fused-ring (bicyclic) bond motifs is 1. The van der Waals surface area contributed by atoms with Gasteiger partial charge in [0.25, 0.3) is 5.69 Å². The molecule has 3 atom stereocenters. The number of nitro groups is 1. The van der Waals surface area contributed by atoms with Gasteiger partial charge in [0.15, 0.2) is 0 Å². The van der Waals surface area contributed by atoms with Crippen LogP contribution in [0.2, 0.25) is 0 Å². The Morgan fingerprint density at radius 1 is 1.08 bits per heavy atom. The minimum Gasteiger partial charge on any atom is -0.300 e. The van der Waals surface area contributed by atoms with Crippen LogP contribution in [0.5, 0.6) is 0 Å². The first-order valence-electron chi connectivity index (χ1n) is 13.6. The maximum atomic E-state index is 12.7. The highest BCUT2D eigenvalue weighted by Gasteiger charge is 2.57.